The van der Waals surface area contributed by atoms with Crippen LogP contribution in [-0.2, 0) is 20.1 Å². The molecule has 0 spiro atoms. The molecule has 22 heavy (non-hydrogen) atoms. The normalized spacial score (nSPS) is 21.6. The van der Waals surface area contributed by atoms with Crippen molar-refractivity contribution < 1.29 is 20.1 Å². The van der Waals surface area contributed by atoms with Gasteiger partial charge in [-0.15, -0.1) is 35.9 Å². The Hall–Kier alpha value is -1.50. The average molecular weight is 463 g/mol. The van der Waals surface area contributed by atoms with E-state index in [1.54, 1.807) is 11.1 Å². The smallest absolute Gasteiger partial charge is 0.0239 e. The van der Waals surface area contributed by atoms with Crippen LogP contribution < -0.4 is 0 Å². The second kappa shape index (κ2) is 5.30. The predicted molar refractivity (Wildman–Crippen MR) is 85.3 cm³/mol. The Kier molecular flexibility index (Phi) is 3.40. The van der Waals surface area contributed by atoms with Crippen LogP contribution in [0, 0.1) is 6.07 Å². The van der Waals surface area contributed by atoms with E-state index in [2.05, 4.69) is 35.3 Å². The van der Waals surface area contributed by atoms with Gasteiger partial charge in [-0.25, -0.2) is 0 Å². The number of rotatable bonds is 1. The molecular weight excluding hydrogens is 446 g/mol. The maximum Gasteiger partial charge on any atom is 0.0239 e. The molecule has 5 rings (SSSR count). The van der Waals surface area contributed by atoms with Crippen LogP contribution in [-0.4, -0.2) is 4.98 Å². The van der Waals surface area contributed by atoms with Gasteiger partial charge >= 0.3 is 0 Å². The van der Waals surface area contributed by atoms with Gasteiger partial charge in [0.15, 0.2) is 0 Å². The molecule has 2 atom stereocenters. The SMILES string of the molecule is [Ir].[c-]1ccccc1-c1cc2cc3c(cc2cn1)C1CCC3C1. The number of aromatic nitrogens is 1. The zero-order valence-electron chi connectivity index (χ0n) is 12.2. The van der Waals surface area contributed by atoms with Crippen LogP contribution in [0.3, 0.4) is 0 Å². The Labute approximate surface area is 144 Å². The fourth-order valence-corrected chi connectivity index (χ4v) is 4.18. The number of hydrogen-bond acceptors (Lipinski definition) is 1. The second-order valence-electron chi connectivity index (χ2n) is 6.38. The molecular formula is C20H16IrN-. The van der Waals surface area contributed by atoms with Gasteiger partial charge in [0.1, 0.15) is 0 Å². The third-order valence-electron chi connectivity index (χ3n) is 5.22. The first-order valence-electron chi connectivity index (χ1n) is 7.79. The van der Waals surface area contributed by atoms with Gasteiger partial charge in [-0.3, -0.25) is 0 Å². The Morgan fingerprint density at radius 3 is 2.45 bits per heavy atom. The third kappa shape index (κ3) is 2.06. The molecule has 2 aromatic carbocycles. The van der Waals surface area contributed by atoms with Crippen molar-refractivity contribution in [3.05, 3.63) is 65.9 Å². The van der Waals surface area contributed by atoms with Crippen molar-refractivity contribution in [2.75, 3.05) is 0 Å². The summed E-state index contributed by atoms with van der Waals surface area (Å²) in [6, 6.07) is 18.3. The minimum absolute atomic E-state index is 0. The van der Waals surface area contributed by atoms with Gasteiger partial charge in [0.05, 0.1) is 0 Å². The van der Waals surface area contributed by atoms with E-state index in [1.807, 2.05) is 24.4 Å². The molecule has 0 saturated heterocycles. The van der Waals surface area contributed by atoms with Crippen LogP contribution in [0.1, 0.15) is 42.2 Å². The van der Waals surface area contributed by atoms with Crippen molar-refractivity contribution in [2.24, 2.45) is 0 Å². The number of hydrogen-bond donors (Lipinski definition) is 0. The summed E-state index contributed by atoms with van der Waals surface area (Å²) < 4.78 is 0. The summed E-state index contributed by atoms with van der Waals surface area (Å²) in [5, 5.41) is 2.60. The van der Waals surface area contributed by atoms with Gasteiger partial charge in [0.25, 0.3) is 0 Å². The largest absolute Gasteiger partial charge is 0.304 e. The molecule has 1 fully saturated rings. The molecule has 3 aromatic rings. The van der Waals surface area contributed by atoms with Crippen LogP contribution >= 0.6 is 0 Å². The zero-order chi connectivity index (χ0) is 13.8. The Bertz CT molecular complexity index is 841. The number of nitrogens with zero attached hydrogens (tertiary/aromatic N) is 1. The van der Waals surface area contributed by atoms with E-state index in [0.717, 1.165) is 23.1 Å². The first-order chi connectivity index (χ1) is 10.4. The van der Waals surface area contributed by atoms with Gasteiger partial charge in [-0.05, 0) is 64.8 Å². The van der Waals surface area contributed by atoms with Gasteiger partial charge in [0, 0.05) is 26.3 Å². The molecule has 2 heteroatoms. The van der Waals surface area contributed by atoms with E-state index in [0.29, 0.717) is 0 Å². The summed E-state index contributed by atoms with van der Waals surface area (Å²) >= 11 is 0. The van der Waals surface area contributed by atoms with Gasteiger partial charge in [-0.1, -0.05) is 12.1 Å². The fraction of sp³-hybridized carbons (Fsp3) is 0.250. The summed E-state index contributed by atoms with van der Waals surface area (Å²) in [4.78, 5) is 4.63. The number of pyridine rings is 1. The van der Waals surface area contributed by atoms with E-state index >= 15 is 0 Å². The van der Waals surface area contributed by atoms with Crippen LogP contribution in [0.4, 0.5) is 0 Å². The molecule has 1 radical (unpaired) electrons. The average Bonchev–Trinajstić information content (AvgIpc) is 3.15. The minimum atomic E-state index is 0. The molecule has 2 bridgehead atoms. The second-order valence-corrected chi connectivity index (χ2v) is 6.38. The van der Waals surface area contributed by atoms with E-state index < -0.39 is 0 Å². The first-order valence-corrected chi connectivity index (χ1v) is 7.79. The van der Waals surface area contributed by atoms with Crippen LogP contribution in [0.5, 0.6) is 0 Å². The van der Waals surface area contributed by atoms with E-state index in [9.17, 15) is 0 Å². The third-order valence-corrected chi connectivity index (χ3v) is 5.22. The molecule has 0 amide bonds. The molecule has 1 aromatic heterocycles. The first kappa shape index (κ1) is 14.1. The van der Waals surface area contributed by atoms with Crippen LogP contribution in [0.25, 0.3) is 22.0 Å². The molecule has 2 aliphatic carbocycles. The number of benzene rings is 2. The fourth-order valence-electron chi connectivity index (χ4n) is 4.18. The monoisotopic (exact) mass is 463 g/mol. The van der Waals surface area contributed by atoms with Gasteiger partial charge in [0.2, 0.25) is 0 Å². The van der Waals surface area contributed by atoms with Crippen molar-refractivity contribution in [1.82, 2.24) is 4.98 Å². The molecule has 1 saturated carbocycles. The Morgan fingerprint density at radius 2 is 1.73 bits per heavy atom. The molecule has 2 unspecified atom stereocenters. The maximum atomic E-state index is 4.63. The predicted octanol–water partition coefficient (Wildman–Crippen LogP) is 5.06. The van der Waals surface area contributed by atoms with E-state index in [-0.39, 0.29) is 20.1 Å². The van der Waals surface area contributed by atoms with Crippen molar-refractivity contribution in [3.63, 3.8) is 0 Å². The van der Waals surface area contributed by atoms with Crippen LogP contribution in [0.2, 0.25) is 0 Å². The molecule has 2 aliphatic rings. The standard InChI is InChI=1S/C20H16N.Ir/c1-2-4-13(5-3-1)20-11-16-9-18-14-6-7-15(8-14)19(18)10-17(16)12-21-20;/h1-4,9-12,14-15H,6-8H2;/q-1;. The minimum Gasteiger partial charge on any atom is -0.304 e. The molecule has 1 heterocycles. The van der Waals surface area contributed by atoms with Crippen molar-refractivity contribution in [1.29, 1.82) is 0 Å². The van der Waals surface area contributed by atoms with Crippen LogP contribution in [0.15, 0.2) is 48.7 Å². The van der Waals surface area contributed by atoms with Gasteiger partial charge in [-0.2, -0.15) is 0 Å². The van der Waals surface area contributed by atoms with Gasteiger partial charge < -0.3 is 4.98 Å². The summed E-state index contributed by atoms with van der Waals surface area (Å²) in [6.07, 6.45) is 6.16. The summed E-state index contributed by atoms with van der Waals surface area (Å²) in [6.45, 7) is 0. The zero-order valence-corrected chi connectivity index (χ0v) is 14.6. The van der Waals surface area contributed by atoms with E-state index in [1.165, 1.54) is 30.0 Å². The van der Waals surface area contributed by atoms with E-state index in [4.69, 9.17) is 0 Å². The Balaban J connectivity index is 0.00000125. The quantitative estimate of drug-likeness (QED) is 0.461. The topological polar surface area (TPSA) is 12.9 Å². The van der Waals surface area contributed by atoms with Crippen molar-refractivity contribution in [2.45, 2.75) is 31.1 Å². The maximum absolute atomic E-state index is 4.63. The molecule has 111 valence electrons. The molecule has 1 nitrogen and oxygen atoms in total. The summed E-state index contributed by atoms with van der Waals surface area (Å²) in [5.41, 5.74) is 5.29. The number of fused-ring (bicyclic) bond motifs is 6. The summed E-state index contributed by atoms with van der Waals surface area (Å²) in [7, 11) is 0. The molecule has 0 N–H and O–H groups in total. The summed E-state index contributed by atoms with van der Waals surface area (Å²) in [5.74, 6) is 1.63. The van der Waals surface area contributed by atoms with Crippen molar-refractivity contribution in [3.8, 4) is 11.3 Å². The molecule has 0 aliphatic heterocycles. The van der Waals surface area contributed by atoms with Crippen molar-refractivity contribution >= 4 is 10.8 Å². The Morgan fingerprint density at radius 1 is 0.955 bits per heavy atom.